The van der Waals surface area contributed by atoms with Crippen LogP contribution in [0.4, 0.5) is 0 Å². The van der Waals surface area contributed by atoms with E-state index in [0.717, 1.165) is 28.0 Å². The first-order chi connectivity index (χ1) is 10.7. The van der Waals surface area contributed by atoms with Crippen LogP contribution in [-0.4, -0.2) is 7.11 Å². The molecule has 0 spiro atoms. The summed E-state index contributed by atoms with van der Waals surface area (Å²) in [6, 6.07) is 29.0. The molecule has 0 heterocycles. The second kappa shape index (κ2) is 11.8. The molecule has 0 atom stereocenters. The van der Waals surface area contributed by atoms with Crippen LogP contribution in [0, 0.1) is 39.5 Å². The van der Waals surface area contributed by atoms with Gasteiger partial charge in [0.2, 0.25) is 0 Å². The third-order valence-corrected chi connectivity index (χ3v) is 3.23. The largest absolute Gasteiger partial charge is 0.522 e. The minimum absolute atomic E-state index is 0. The molecule has 0 saturated carbocycles. The minimum Gasteiger partial charge on any atom is -0.522 e. The normalized spacial score (nSPS) is 8.79. The van der Waals surface area contributed by atoms with Crippen molar-refractivity contribution in [2.24, 2.45) is 0 Å². The van der Waals surface area contributed by atoms with Gasteiger partial charge in [-0.05, 0) is 0 Å². The number of benzene rings is 3. The van der Waals surface area contributed by atoms with E-state index in [-0.39, 0.29) is 33.3 Å². The van der Waals surface area contributed by atoms with Gasteiger partial charge in [-0.2, -0.15) is 66.7 Å². The summed E-state index contributed by atoms with van der Waals surface area (Å²) in [7, 11) is 1.69. The quantitative estimate of drug-likeness (QED) is 0.555. The summed E-state index contributed by atoms with van der Waals surface area (Å²) >= 11 is 0. The van der Waals surface area contributed by atoms with Crippen molar-refractivity contribution in [3.8, 4) is 16.9 Å². The van der Waals surface area contributed by atoms with Crippen LogP contribution in [-0.2, 0) is 25.8 Å². The molecule has 2 heteroatoms. The van der Waals surface area contributed by atoms with Crippen molar-refractivity contribution in [1.82, 2.24) is 0 Å². The smallest absolute Gasteiger partial charge is 0.0744 e. The van der Waals surface area contributed by atoms with Crippen LogP contribution in [0.5, 0.6) is 5.75 Å². The van der Waals surface area contributed by atoms with Gasteiger partial charge in [0.15, 0.2) is 0 Å². The summed E-state index contributed by atoms with van der Waals surface area (Å²) in [5.74, 6) is 0.971. The Kier molecular flexibility index (Phi) is 11.0. The molecule has 1 nitrogen and oxygen atoms in total. The van der Waals surface area contributed by atoms with Gasteiger partial charge >= 0.3 is 0 Å². The van der Waals surface area contributed by atoms with Crippen LogP contribution < -0.4 is 4.74 Å². The molecule has 0 aliphatic carbocycles. The average molecular weight is 347 g/mol. The van der Waals surface area contributed by atoms with Gasteiger partial charge < -0.3 is 12.2 Å². The monoisotopic (exact) mass is 347 g/mol. The summed E-state index contributed by atoms with van der Waals surface area (Å²) in [6.45, 7) is 4.03. The number of ether oxygens (including phenoxy) is 1. The molecule has 0 N–H and O–H groups in total. The van der Waals surface area contributed by atoms with Gasteiger partial charge in [0, 0.05) is 31.6 Å². The number of hydrogen-bond donors (Lipinski definition) is 0. The molecule has 0 bridgehead atoms. The predicted molar refractivity (Wildman–Crippen MR) is 97.3 cm³/mol. The molecule has 0 aliphatic rings. The van der Waals surface area contributed by atoms with Gasteiger partial charge in [-0.25, -0.2) is 11.1 Å². The van der Waals surface area contributed by atoms with Crippen molar-refractivity contribution in [3.05, 3.63) is 97.4 Å². The standard InChI is InChI=1S/C12H8.C9H11O.CH3.Sc/c1-3-7-11(8-4-1)12-9-5-2-6-10-12;1-7-5-4-6-8(2)9(7)10-3;;/h1-7,9H;5-6H,1-3H3;1H3;/q-2;2*-1;. The molecule has 123 valence electrons. The SMILES string of the molecule is COc1c(C)c[c-]cc1C.[CH3-].[Sc].[c-]1ccccc1-c1[c-]cccc1. The zero-order valence-corrected chi connectivity index (χ0v) is 16.6. The molecule has 1 radical (unpaired) electrons. The summed E-state index contributed by atoms with van der Waals surface area (Å²) in [5.41, 5.74) is 4.47. The van der Waals surface area contributed by atoms with Crippen molar-refractivity contribution < 1.29 is 30.6 Å². The second-order valence-corrected chi connectivity index (χ2v) is 4.91. The van der Waals surface area contributed by atoms with E-state index >= 15 is 0 Å². The number of rotatable bonds is 2. The topological polar surface area (TPSA) is 9.23 Å². The summed E-state index contributed by atoms with van der Waals surface area (Å²) < 4.78 is 5.16. The summed E-state index contributed by atoms with van der Waals surface area (Å²) in [4.78, 5) is 0. The Morgan fingerprint density at radius 2 is 1.25 bits per heavy atom. The molecular weight excluding hydrogens is 325 g/mol. The van der Waals surface area contributed by atoms with Crippen LogP contribution in [0.1, 0.15) is 11.1 Å². The minimum atomic E-state index is 0. The molecular formula is C22H22OSc-4. The number of methoxy groups -OCH3 is 1. The van der Waals surface area contributed by atoms with E-state index in [1.807, 2.05) is 74.5 Å². The Bertz CT molecular complexity index is 636. The predicted octanol–water partition coefficient (Wildman–Crippen LogP) is 5.51. The fourth-order valence-electron chi connectivity index (χ4n) is 2.18. The van der Waals surface area contributed by atoms with Gasteiger partial charge in [-0.15, -0.1) is 23.3 Å². The molecule has 0 fully saturated rings. The summed E-state index contributed by atoms with van der Waals surface area (Å²) in [6.07, 6.45) is 0. The van der Waals surface area contributed by atoms with Gasteiger partial charge in [0.1, 0.15) is 0 Å². The van der Waals surface area contributed by atoms with Gasteiger partial charge in [0.25, 0.3) is 0 Å². The maximum absolute atomic E-state index is 5.16. The van der Waals surface area contributed by atoms with Crippen molar-refractivity contribution in [3.63, 3.8) is 0 Å². The third kappa shape index (κ3) is 6.45. The van der Waals surface area contributed by atoms with Crippen LogP contribution in [0.2, 0.25) is 0 Å². The fraction of sp³-hybridized carbons (Fsp3) is 0.136. The van der Waals surface area contributed by atoms with Crippen LogP contribution in [0.15, 0.2) is 60.7 Å². The molecule has 3 rings (SSSR count). The van der Waals surface area contributed by atoms with Crippen molar-refractivity contribution >= 4 is 0 Å². The molecule has 0 amide bonds. The van der Waals surface area contributed by atoms with E-state index in [2.05, 4.69) is 18.2 Å². The van der Waals surface area contributed by atoms with Crippen molar-refractivity contribution in [1.29, 1.82) is 0 Å². The Labute approximate surface area is 165 Å². The van der Waals surface area contributed by atoms with Gasteiger partial charge in [-0.1, -0.05) is 13.8 Å². The van der Waals surface area contributed by atoms with Gasteiger partial charge in [-0.3, -0.25) is 0 Å². The second-order valence-electron chi connectivity index (χ2n) is 4.91. The average Bonchev–Trinajstić information content (AvgIpc) is 2.57. The van der Waals surface area contributed by atoms with E-state index < -0.39 is 0 Å². The zero-order chi connectivity index (χ0) is 15.8. The van der Waals surface area contributed by atoms with Crippen LogP contribution in [0.3, 0.4) is 0 Å². The molecule has 0 unspecified atom stereocenters. The first-order valence-electron chi connectivity index (χ1n) is 7.17. The van der Waals surface area contributed by atoms with Crippen LogP contribution >= 0.6 is 0 Å². The van der Waals surface area contributed by atoms with Crippen molar-refractivity contribution in [2.45, 2.75) is 13.8 Å². The Morgan fingerprint density at radius 3 is 1.54 bits per heavy atom. The van der Waals surface area contributed by atoms with Gasteiger partial charge in [0.05, 0.1) is 7.11 Å². The summed E-state index contributed by atoms with van der Waals surface area (Å²) in [5, 5.41) is 0. The van der Waals surface area contributed by atoms with E-state index in [4.69, 9.17) is 4.74 Å². The number of aryl methyl sites for hydroxylation is 2. The fourth-order valence-corrected chi connectivity index (χ4v) is 2.18. The Balaban J connectivity index is 0.000000413. The third-order valence-electron chi connectivity index (χ3n) is 3.23. The Hall–Kier alpha value is -1.67. The molecule has 24 heavy (non-hydrogen) atoms. The Morgan fingerprint density at radius 1 is 0.792 bits per heavy atom. The zero-order valence-electron chi connectivity index (χ0n) is 14.8. The first-order valence-corrected chi connectivity index (χ1v) is 7.17. The molecule has 3 aromatic rings. The van der Waals surface area contributed by atoms with E-state index in [0.29, 0.717) is 0 Å². The van der Waals surface area contributed by atoms with E-state index in [9.17, 15) is 0 Å². The number of hydrogen-bond acceptors (Lipinski definition) is 1. The van der Waals surface area contributed by atoms with Crippen molar-refractivity contribution in [2.75, 3.05) is 7.11 Å². The van der Waals surface area contributed by atoms with E-state index in [1.165, 1.54) is 0 Å². The molecule has 3 aromatic carbocycles. The maximum Gasteiger partial charge on any atom is 0.0744 e. The molecule has 0 aromatic heterocycles. The first kappa shape index (κ1) is 22.3. The van der Waals surface area contributed by atoms with Crippen LogP contribution in [0.25, 0.3) is 11.1 Å². The molecule has 0 aliphatic heterocycles. The maximum atomic E-state index is 5.16. The van der Waals surface area contributed by atoms with E-state index in [1.54, 1.807) is 7.11 Å². The molecule has 0 saturated heterocycles.